The van der Waals surface area contributed by atoms with Gasteiger partial charge >= 0.3 is 18.0 Å². The Morgan fingerprint density at radius 1 is 0.651 bits per heavy atom. The molecule has 0 atom stereocenters. The Balaban J connectivity index is 1.11. The van der Waals surface area contributed by atoms with Crippen LogP contribution in [-0.2, 0) is 19.1 Å². The fourth-order valence-corrected chi connectivity index (χ4v) is 5.07. The molecule has 10 heteroatoms. The number of ether oxygens (including phenoxy) is 6. The molecule has 2 aromatic rings. The van der Waals surface area contributed by atoms with Gasteiger partial charge in [-0.1, -0.05) is 0 Å². The van der Waals surface area contributed by atoms with Crippen LogP contribution in [0.2, 0.25) is 0 Å². The van der Waals surface area contributed by atoms with Crippen LogP contribution in [0.4, 0.5) is 4.79 Å². The lowest BCUT2D eigenvalue weighted by atomic mass is 9.82. The second-order valence-corrected chi connectivity index (χ2v) is 11.1. The summed E-state index contributed by atoms with van der Waals surface area (Å²) < 4.78 is 33.1. The summed E-state index contributed by atoms with van der Waals surface area (Å²) >= 11 is 0. The fraction of sp³-hybridized carbons (Fsp3) is 0.545. The van der Waals surface area contributed by atoms with Gasteiger partial charge in [0.05, 0.1) is 24.5 Å². The van der Waals surface area contributed by atoms with Crippen molar-refractivity contribution >= 4 is 18.0 Å². The van der Waals surface area contributed by atoms with Gasteiger partial charge in [0, 0.05) is 13.1 Å². The second kappa shape index (κ2) is 16.7. The second-order valence-electron chi connectivity index (χ2n) is 11.1. The van der Waals surface area contributed by atoms with Gasteiger partial charge in [-0.05, 0) is 107 Å². The standard InChI is InChI=1S/C33H43NO9/c1-24(2)38-20-21-39-27-10-14-29(15-11-27)42-31(35)25-6-8-26(9-7-25)32(36)43-30-16-12-28(13-17-30)40-22-23-41-33(37)34-18-4-3-5-19-34/h10-17,24-26H,3-9,18-23H2,1-2H3/t25-,26-. The molecule has 0 bridgehead atoms. The van der Waals surface area contributed by atoms with Gasteiger partial charge in [0.25, 0.3) is 0 Å². The summed E-state index contributed by atoms with van der Waals surface area (Å²) in [5, 5.41) is 0. The van der Waals surface area contributed by atoms with Crippen LogP contribution < -0.4 is 18.9 Å². The van der Waals surface area contributed by atoms with E-state index in [4.69, 9.17) is 28.4 Å². The highest BCUT2D eigenvalue weighted by atomic mass is 16.6. The van der Waals surface area contributed by atoms with E-state index in [2.05, 4.69) is 0 Å². The van der Waals surface area contributed by atoms with Crippen molar-refractivity contribution in [2.24, 2.45) is 11.8 Å². The van der Waals surface area contributed by atoms with Crippen molar-refractivity contribution in [3.05, 3.63) is 48.5 Å². The quantitative estimate of drug-likeness (QED) is 0.161. The summed E-state index contributed by atoms with van der Waals surface area (Å²) in [5.41, 5.74) is 0. The van der Waals surface area contributed by atoms with Crippen molar-refractivity contribution < 1.29 is 42.8 Å². The van der Waals surface area contributed by atoms with Crippen molar-refractivity contribution in [1.29, 1.82) is 0 Å². The van der Waals surface area contributed by atoms with Gasteiger partial charge in [-0.15, -0.1) is 0 Å². The SMILES string of the molecule is CC(C)OCCOc1ccc(OC(=O)[C@H]2CC[C@H](C(=O)Oc3ccc(OCCOC(=O)N4CCCCC4)cc3)CC2)cc1. The minimum absolute atomic E-state index is 0.158. The Bertz CT molecular complexity index is 1150. The molecule has 43 heavy (non-hydrogen) atoms. The summed E-state index contributed by atoms with van der Waals surface area (Å²) in [6, 6.07) is 13.7. The number of carbonyl (C=O) groups excluding carboxylic acids is 3. The lowest BCUT2D eigenvalue weighted by molar-refractivity contribution is -0.145. The third-order valence-corrected chi connectivity index (χ3v) is 7.47. The van der Waals surface area contributed by atoms with Crippen LogP contribution >= 0.6 is 0 Å². The molecule has 1 amide bonds. The van der Waals surface area contributed by atoms with E-state index in [1.807, 2.05) is 13.8 Å². The highest BCUT2D eigenvalue weighted by Crippen LogP contribution is 2.32. The maximum Gasteiger partial charge on any atom is 0.409 e. The van der Waals surface area contributed by atoms with Crippen molar-refractivity contribution in [2.75, 3.05) is 39.5 Å². The first-order valence-electron chi connectivity index (χ1n) is 15.3. The molecule has 1 heterocycles. The summed E-state index contributed by atoms with van der Waals surface area (Å²) in [7, 11) is 0. The number of esters is 2. The molecule has 0 radical (unpaired) electrons. The van der Waals surface area contributed by atoms with Crippen molar-refractivity contribution in [1.82, 2.24) is 4.90 Å². The van der Waals surface area contributed by atoms with E-state index in [-0.39, 0.29) is 49.2 Å². The molecule has 2 fully saturated rings. The third kappa shape index (κ3) is 10.8. The smallest absolute Gasteiger partial charge is 0.409 e. The number of carbonyl (C=O) groups is 3. The summed E-state index contributed by atoms with van der Waals surface area (Å²) in [6.45, 7) is 6.79. The summed E-state index contributed by atoms with van der Waals surface area (Å²) in [4.78, 5) is 39.2. The molecule has 10 nitrogen and oxygen atoms in total. The number of hydrogen-bond donors (Lipinski definition) is 0. The van der Waals surface area contributed by atoms with E-state index in [0.717, 1.165) is 32.4 Å². The van der Waals surface area contributed by atoms with Crippen LogP contribution in [0.25, 0.3) is 0 Å². The summed E-state index contributed by atoms with van der Waals surface area (Å²) in [5.74, 6) is 1.03. The number of piperidine rings is 1. The molecule has 1 saturated heterocycles. The topological polar surface area (TPSA) is 110 Å². The van der Waals surface area contributed by atoms with Gasteiger partial charge in [-0.2, -0.15) is 0 Å². The Kier molecular flexibility index (Phi) is 12.5. The van der Waals surface area contributed by atoms with Gasteiger partial charge in [-0.3, -0.25) is 9.59 Å². The summed E-state index contributed by atoms with van der Waals surface area (Å²) in [6.07, 6.45) is 5.28. The van der Waals surface area contributed by atoms with Gasteiger partial charge in [-0.25, -0.2) is 4.79 Å². The van der Waals surface area contributed by atoms with Crippen LogP contribution in [0.3, 0.4) is 0 Å². The zero-order chi connectivity index (χ0) is 30.4. The van der Waals surface area contributed by atoms with Crippen molar-refractivity contribution in [2.45, 2.75) is 64.9 Å². The molecule has 2 aromatic carbocycles. The minimum Gasteiger partial charge on any atom is -0.491 e. The Morgan fingerprint density at radius 2 is 1.09 bits per heavy atom. The maximum atomic E-state index is 12.7. The Labute approximate surface area is 253 Å². The van der Waals surface area contributed by atoms with Gasteiger partial charge in [0.2, 0.25) is 0 Å². The molecule has 1 aliphatic carbocycles. The van der Waals surface area contributed by atoms with Crippen LogP contribution in [0.15, 0.2) is 48.5 Å². The largest absolute Gasteiger partial charge is 0.491 e. The predicted octanol–water partition coefficient (Wildman–Crippen LogP) is 5.81. The molecule has 4 rings (SSSR count). The molecular weight excluding hydrogens is 554 g/mol. The Hall–Kier alpha value is -3.79. The highest BCUT2D eigenvalue weighted by molar-refractivity contribution is 5.77. The molecule has 0 N–H and O–H groups in total. The first kappa shape index (κ1) is 32.1. The minimum atomic E-state index is -0.306. The van der Waals surface area contributed by atoms with Crippen molar-refractivity contribution in [3.8, 4) is 23.0 Å². The average Bonchev–Trinajstić information content (AvgIpc) is 3.03. The molecule has 0 unspecified atom stereocenters. The van der Waals surface area contributed by atoms with Gasteiger partial charge < -0.3 is 33.3 Å². The molecule has 1 saturated carbocycles. The van der Waals surface area contributed by atoms with Crippen LogP contribution in [0.5, 0.6) is 23.0 Å². The first-order valence-corrected chi connectivity index (χ1v) is 15.3. The number of nitrogens with zero attached hydrogens (tertiary/aromatic N) is 1. The van der Waals surface area contributed by atoms with Crippen LogP contribution in [0, 0.1) is 11.8 Å². The molecular formula is C33H43NO9. The average molecular weight is 598 g/mol. The lowest BCUT2D eigenvalue weighted by Crippen LogP contribution is -2.36. The lowest BCUT2D eigenvalue weighted by Gasteiger charge is -2.26. The van der Waals surface area contributed by atoms with E-state index in [1.54, 1.807) is 53.4 Å². The molecule has 2 aliphatic rings. The van der Waals surface area contributed by atoms with E-state index in [0.29, 0.717) is 61.9 Å². The predicted molar refractivity (Wildman–Crippen MR) is 158 cm³/mol. The number of hydrogen-bond acceptors (Lipinski definition) is 9. The molecule has 1 aliphatic heterocycles. The molecule has 0 spiro atoms. The van der Waals surface area contributed by atoms with E-state index in [1.165, 1.54) is 0 Å². The zero-order valence-electron chi connectivity index (χ0n) is 25.2. The van der Waals surface area contributed by atoms with Crippen LogP contribution in [-0.4, -0.2) is 68.6 Å². The zero-order valence-corrected chi connectivity index (χ0v) is 25.2. The Morgan fingerprint density at radius 3 is 1.56 bits per heavy atom. The van der Waals surface area contributed by atoms with Crippen LogP contribution in [0.1, 0.15) is 58.8 Å². The fourth-order valence-electron chi connectivity index (χ4n) is 5.07. The van der Waals surface area contributed by atoms with Gasteiger partial charge in [0.15, 0.2) is 0 Å². The van der Waals surface area contributed by atoms with E-state index >= 15 is 0 Å². The number of rotatable bonds is 13. The number of benzene rings is 2. The maximum absolute atomic E-state index is 12.7. The number of likely N-dealkylation sites (tertiary alicyclic amines) is 1. The third-order valence-electron chi connectivity index (χ3n) is 7.47. The molecule has 234 valence electrons. The van der Waals surface area contributed by atoms with E-state index in [9.17, 15) is 14.4 Å². The van der Waals surface area contributed by atoms with E-state index < -0.39 is 0 Å². The van der Waals surface area contributed by atoms with Crippen molar-refractivity contribution in [3.63, 3.8) is 0 Å². The number of amides is 1. The highest BCUT2D eigenvalue weighted by Gasteiger charge is 2.32. The normalized spacial score (nSPS) is 18.5. The monoisotopic (exact) mass is 597 g/mol. The first-order chi connectivity index (χ1) is 20.9. The van der Waals surface area contributed by atoms with Gasteiger partial charge in [0.1, 0.15) is 42.8 Å². The molecule has 0 aromatic heterocycles.